The van der Waals surface area contributed by atoms with Gasteiger partial charge in [0.25, 0.3) is 5.91 Å². The lowest BCUT2D eigenvalue weighted by atomic mass is 10.3. The van der Waals surface area contributed by atoms with Gasteiger partial charge in [-0.2, -0.15) is 5.10 Å². The van der Waals surface area contributed by atoms with Crippen LogP contribution in [-0.2, 0) is 4.74 Å². The first kappa shape index (κ1) is 19.7. The van der Waals surface area contributed by atoms with Crippen LogP contribution in [0, 0.1) is 0 Å². The molecule has 0 fully saturated rings. The van der Waals surface area contributed by atoms with Crippen molar-refractivity contribution in [3.8, 4) is 22.1 Å². The molecule has 0 unspecified atom stereocenters. The van der Waals surface area contributed by atoms with Crippen molar-refractivity contribution in [3.63, 3.8) is 0 Å². The summed E-state index contributed by atoms with van der Waals surface area (Å²) in [6.07, 6.45) is 5.22. The van der Waals surface area contributed by atoms with Gasteiger partial charge in [-0.25, -0.2) is 14.6 Å². The third-order valence-electron chi connectivity index (χ3n) is 4.13. The molecule has 0 radical (unpaired) electrons. The Morgan fingerprint density at radius 2 is 2.03 bits per heavy atom. The molecule has 0 saturated heterocycles. The molecule has 30 heavy (non-hydrogen) atoms. The molecule has 0 aliphatic heterocycles. The van der Waals surface area contributed by atoms with Crippen molar-refractivity contribution in [1.29, 1.82) is 0 Å². The number of carbonyl (C=O) groups is 1. The van der Waals surface area contributed by atoms with Crippen molar-refractivity contribution in [2.24, 2.45) is 0 Å². The summed E-state index contributed by atoms with van der Waals surface area (Å²) in [5.41, 5.74) is 2.59. The quantitative estimate of drug-likeness (QED) is 0.437. The predicted octanol–water partition coefficient (Wildman–Crippen LogP) is 3.67. The zero-order chi connectivity index (χ0) is 20.8. The van der Waals surface area contributed by atoms with Crippen LogP contribution < -0.4 is 10.1 Å². The number of hydrogen-bond acceptors (Lipinski definition) is 7. The molecule has 1 aromatic carbocycles. The van der Waals surface area contributed by atoms with Crippen LogP contribution in [-0.4, -0.2) is 46.0 Å². The van der Waals surface area contributed by atoms with E-state index >= 15 is 0 Å². The Balaban J connectivity index is 1.47. The maximum atomic E-state index is 12.7. The Labute approximate surface area is 177 Å². The number of para-hydroxylation sites is 1. The lowest BCUT2D eigenvalue weighted by molar-refractivity contribution is 0.102. The van der Waals surface area contributed by atoms with Gasteiger partial charge in [0.15, 0.2) is 0 Å². The van der Waals surface area contributed by atoms with Gasteiger partial charge in [-0.05, 0) is 24.3 Å². The number of thiazole rings is 1. The van der Waals surface area contributed by atoms with Crippen LogP contribution in [0.4, 0.5) is 5.69 Å². The second kappa shape index (κ2) is 9.29. The van der Waals surface area contributed by atoms with E-state index in [1.54, 1.807) is 41.7 Å². The summed E-state index contributed by atoms with van der Waals surface area (Å²) in [4.78, 5) is 21.3. The van der Waals surface area contributed by atoms with Gasteiger partial charge in [-0.3, -0.25) is 4.79 Å². The second-order valence-corrected chi connectivity index (χ2v) is 7.06. The van der Waals surface area contributed by atoms with Crippen molar-refractivity contribution in [2.45, 2.75) is 0 Å². The molecule has 152 valence electrons. The minimum Gasteiger partial charge on any atom is -0.474 e. The maximum absolute atomic E-state index is 12.7. The standard InChI is InChI=1S/C21H19N5O3S/c1-28-10-11-29-20-17(8-5-9-22-20)24-19(27)18-14-30-21(25-18)15-12-23-26(13-15)16-6-3-2-4-7-16/h2-9,12-14H,10-11H2,1H3,(H,24,27). The van der Waals surface area contributed by atoms with E-state index in [1.165, 1.54) is 11.3 Å². The van der Waals surface area contributed by atoms with Crippen LogP contribution in [0.25, 0.3) is 16.3 Å². The summed E-state index contributed by atoms with van der Waals surface area (Å²) >= 11 is 1.38. The van der Waals surface area contributed by atoms with Crippen molar-refractivity contribution >= 4 is 22.9 Å². The number of pyridine rings is 1. The van der Waals surface area contributed by atoms with Gasteiger partial charge in [-0.15, -0.1) is 11.3 Å². The van der Waals surface area contributed by atoms with E-state index < -0.39 is 0 Å². The Bertz CT molecular complexity index is 1130. The van der Waals surface area contributed by atoms with Gasteiger partial charge in [0.05, 0.1) is 18.5 Å². The number of methoxy groups -OCH3 is 1. The summed E-state index contributed by atoms with van der Waals surface area (Å²) in [6, 6.07) is 13.3. The fourth-order valence-electron chi connectivity index (χ4n) is 2.67. The summed E-state index contributed by atoms with van der Waals surface area (Å²) < 4.78 is 12.3. The summed E-state index contributed by atoms with van der Waals surface area (Å²) in [7, 11) is 1.59. The fraction of sp³-hybridized carbons (Fsp3) is 0.143. The molecule has 3 aromatic heterocycles. The maximum Gasteiger partial charge on any atom is 0.275 e. The Kier molecular flexibility index (Phi) is 6.11. The van der Waals surface area contributed by atoms with Crippen LogP contribution in [0.2, 0.25) is 0 Å². The monoisotopic (exact) mass is 421 g/mol. The number of hydrogen-bond donors (Lipinski definition) is 1. The second-order valence-electron chi connectivity index (χ2n) is 6.20. The van der Waals surface area contributed by atoms with Gasteiger partial charge in [0, 0.05) is 30.4 Å². The first-order chi connectivity index (χ1) is 14.7. The van der Waals surface area contributed by atoms with E-state index in [9.17, 15) is 4.79 Å². The summed E-state index contributed by atoms with van der Waals surface area (Å²) in [5, 5.41) is 9.61. The van der Waals surface area contributed by atoms with Gasteiger partial charge < -0.3 is 14.8 Å². The molecular weight excluding hydrogens is 402 g/mol. The molecule has 0 aliphatic rings. The lowest BCUT2D eigenvalue weighted by Crippen LogP contribution is -2.14. The molecule has 0 atom stereocenters. The van der Waals surface area contributed by atoms with Gasteiger partial charge in [-0.1, -0.05) is 18.2 Å². The number of benzene rings is 1. The number of carbonyl (C=O) groups excluding carboxylic acids is 1. The zero-order valence-corrected chi connectivity index (χ0v) is 17.0. The van der Waals surface area contributed by atoms with Crippen LogP contribution >= 0.6 is 11.3 Å². The summed E-state index contributed by atoms with van der Waals surface area (Å²) in [6.45, 7) is 0.763. The Morgan fingerprint density at radius 3 is 2.87 bits per heavy atom. The lowest BCUT2D eigenvalue weighted by Gasteiger charge is -2.10. The average Bonchev–Trinajstić information content (AvgIpc) is 3.46. The number of nitrogens with one attached hydrogen (secondary N) is 1. The first-order valence-corrected chi connectivity index (χ1v) is 10.1. The SMILES string of the molecule is COCCOc1ncccc1NC(=O)c1csc(-c2cnn(-c3ccccc3)c2)n1. The van der Waals surface area contributed by atoms with E-state index in [0.717, 1.165) is 11.3 Å². The van der Waals surface area contributed by atoms with E-state index in [-0.39, 0.29) is 5.91 Å². The molecule has 8 nitrogen and oxygen atoms in total. The molecule has 9 heteroatoms. The smallest absolute Gasteiger partial charge is 0.275 e. The predicted molar refractivity (Wildman–Crippen MR) is 114 cm³/mol. The molecule has 1 N–H and O–H groups in total. The Morgan fingerprint density at radius 1 is 1.17 bits per heavy atom. The highest BCUT2D eigenvalue weighted by molar-refractivity contribution is 7.13. The topological polar surface area (TPSA) is 91.2 Å². The van der Waals surface area contributed by atoms with Gasteiger partial charge in [0.2, 0.25) is 5.88 Å². The molecule has 0 spiro atoms. The third kappa shape index (κ3) is 4.53. The number of nitrogens with zero attached hydrogens (tertiary/aromatic N) is 4. The average molecular weight is 421 g/mol. The highest BCUT2D eigenvalue weighted by Crippen LogP contribution is 2.26. The molecule has 0 aliphatic carbocycles. The van der Waals surface area contributed by atoms with Crippen molar-refractivity contribution in [2.75, 3.05) is 25.6 Å². The number of rotatable bonds is 8. The van der Waals surface area contributed by atoms with E-state index in [0.29, 0.717) is 35.5 Å². The Hall–Kier alpha value is -3.56. The number of ether oxygens (including phenoxy) is 2. The molecule has 3 heterocycles. The molecule has 1 amide bonds. The molecule has 4 rings (SSSR count). The van der Waals surface area contributed by atoms with E-state index in [1.807, 2.05) is 36.5 Å². The van der Waals surface area contributed by atoms with E-state index in [2.05, 4.69) is 20.4 Å². The van der Waals surface area contributed by atoms with Crippen LogP contribution in [0.3, 0.4) is 0 Å². The number of aromatic nitrogens is 4. The normalized spacial score (nSPS) is 10.7. The van der Waals surface area contributed by atoms with Crippen LogP contribution in [0.1, 0.15) is 10.5 Å². The van der Waals surface area contributed by atoms with Crippen molar-refractivity contribution in [3.05, 3.63) is 72.1 Å². The third-order valence-corrected chi connectivity index (χ3v) is 5.02. The first-order valence-electron chi connectivity index (χ1n) is 9.18. The molecule has 0 bridgehead atoms. The van der Waals surface area contributed by atoms with E-state index in [4.69, 9.17) is 9.47 Å². The largest absolute Gasteiger partial charge is 0.474 e. The molecule has 4 aromatic rings. The highest BCUT2D eigenvalue weighted by atomic mass is 32.1. The molecular formula is C21H19N5O3S. The zero-order valence-electron chi connectivity index (χ0n) is 16.2. The number of amides is 1. The fourth-order valence-corrected chi connectivity index (χ4v) is 3.45. The minimum absolute atomic E-state index is 0.314. The van der Waals surface area contributed by atoms with Gasteiger partial charge >= 0.3 is 0 Å². The minimum atomic E-state index is -0.336. The van der Waals surface area contributed by atoms with Crippen molar-refractivity contribution < 1.29 is 14.3 Å². The molecule has 0 saturated carbocycles. The van der Waals surface area contributed by atoms with Crippen LogP contribution in [0.5, 0.6) is 5.88 Å². The highest BCUT2D eigenvalue weighted by Gasteiger charge is 2.16. The number of anilines is 1. The summed E-state index contributed by atoms with van der Waals surface area (Å²) in [5.74, 6) is 0.0000308. The van der Waals surface area contributed by atoms with Crippen molar-refractivity contribution in [1.82, 2.24) is 19.7 Å². The van der Waals surface area contributed by atoms with Crippen LogP contribution in [0.15, 0.2) is 66.4 Å². The van der Waals surface area contributed by atoms with Gasteiger partial charge in [0.1, 0.15) is 23.0 Å².